The molecular weight excluding hydrogens is 174 g/mol. The van der Waals surface area contributed by atoms with Gasteiger partial charge in [0.2, 0.25) is 0 Å². The predicted octanol–water partition coefficient (Wildman–Crippen LogP) is 2.58. The Balaban J connectivity index is 1.88. The molecule has 0 aromatic heterocycles. The topological polar surface area (TPSA) is 21.3 Å². The van der Waals surface area contributed by atoms with Crippen LogP contribution in [0.5, 0.6) is 0 Å². The highest BCUT2D eigenvalue weighted by atomic mass is 16.5. The lowest BCUT2D eigenvalue weighted by molar-refractivity contribution is 0.192. The summed E-state index contributed by atoms with van der Waals surface area (Å²) in [5, 5.41) is 3.58. The van der Waals surface area contributed by atoms with Gasteiger partial charge in [0.25, 0.3) is 0 Å². The summed E-state index contributed by atoms with van der Waals surface area (Å²) in [6.45, 7) is 5.60. The van der Waals surface area contributed by atoms with Gasteiger partial charge in [-0.3, -0.25) is 0 Å². The van der Waals surface area contributed by atoms with Gasteiger partial charge in [0.1, 0.15) is 0 Å². The minimum absolute atomic E-state index is 0.704. The number of hydrogen-bond acceptors (Lipinski definition) is 2. The summed E-state index contributed by atoms with van der Waals surface area (Å²) in [6.07, 6.45) is 8.08. The molecule has 1 saturated carbocycles. The second kappa shape index (κ2) is 6.41. The van der Waals surface area contributed by atoms with Gasteiger partial charge in [-0.05, 0) is 44.1 Å². The summed E-state index contributed by atoms with van der Waals surface area (Å²) >= 11 is 0. The third kappa shape index (κ3) is 4.43. The van der Waals surface area contributed by atoms with E-state index in [4.69, 9.17) is 4.74 Å². The number of unbranched alkanes of at least 4 members (excludes halogenated alkanes) is 1. The fourth-order valence-corrected chi connectivity index (χ4v) is 2.07. The van der Waals surface area contributed by atoms with Crippen LogP contribution in [0.15, 0.2) is 0 Å². The van der Waals surface area contributed by atoms with Crippen molar-refractivity contribution in [2.45, 2.75) is 45.4 Å². The number of hydrogen-bond donors (Lipinski definition) is 1. The molecule has 0 heterocycles. The minimum atomic E-state index is 0.704. The van der Waals surface area contributed by atoms with Crippen LogP contribution in [0.2, 0.25) is 0 Å². The molecule has 84 valence electrons. The highest BCUT2D eigenvalue weighted by Crippen LogP contribution is 2.48. The van der Waals surface area contributed by atoms with Crippen molar-refractivity contribution >= 4 is 0 Å². The molecule has 14 heavy (non-hydrogen) atoms. The number of methoxy groups -OCH3 is 1. The van der Waals surface area contributed by atoms with E-state index < -0.39 is 0 Å². The average molecular weight is 199 g/mol. The van der Waals surface area contributed by atoms with Crippen molar-refractivity contribution < 1.29 is 4.74 Å². The molecule has 0 aromatic rings. The molecular formula is C12H25NO. The van der Waals surface area contributed by atoms with Crippen LogP contribution in [-0.2, 0) is 4.74 Å². The molecule has 0 amide bonds. The Bertz CT molecular complexity index is 143. The SMILES string of the molecule is CCCC1(CNCCCCOC)CC1. The molecule has 0 aliphatic heterocycles. The van der Waals surface area contributed by atoms with E-state index in [9.17, 15) is 0 Å². The molecule has 1 aliphatic rings. The van der Waals surface area contributed by atoms with Crippen LogP contribution in [-0.4, -0.2) is 26.8 Å². The monoisotopic (exact) mass is 199 g/mol. The van der Waals surface area contributed by atoms with Gasteiger partial charge in [0.15, 0.2) is 0 Å². The first-order valence-electron chi connectivity index (χ1n) is 6.03. The first-order chi connectivity index (χ1) is 6.83. The first kappa shape index (κ1) is 12.0. The first-order valence-corrected chi connectivity index (χ1v) is 6.03. The lowest BCUT2D eigenvalue weighted by atomic mass is 10.0. The smallest absolute Gasteiger partial charge is 0.0462 e. The lowest BCUT2D eigenvalue weighted by Crippen LogP contribution is -2.25. The van der Waals surface area contributed by atoms with E-state index in [0.29, 0.717) is 5.41 Å². The van der Waals surface area contributed by atoms with Crippen molar-refractivity contribution in [3.05, 3.63) is 0 Å². The van der Waals surface area contributed by atoms with Crippen molar-refractivity contribution in [1.29, 1.82) is 0 Å². The number of nitrogens with one attached hydrogen (secondary N) is 1. The zero-order valence-corrected chi connectivity index (χ0v) is 9.77. The Labute approximate surface area is 88.4 Å². The molecule has 2 heteroatoms. The summed E-state index contributed by atoms with van der Waals surface area (Å²) < 4.78 is 5.01. The van der Waals surface area contributed by atoms with Crippen molar-refractivity contribution in [3.63, 3.8) is 0 Å². The molecule has 0 spiro atoms. The van der Waals surface area contributed by atoms with Crippen LogP contribution in [0, 0.1) is 5.41 Å². The second-order valence-corrected chi connectivity index (χ2v) is 4.63. The third-order valence-corrected chi connectivity index (χ3v) is 3.19. The summed E-state index contributed by atoms with van der Waals surface area (Å²) in [7, 11) is 1.77. The summed E-state index contributed by atoms with van der Waals surface area (Å²) in [4.78, 5) is 0. The van der Waals surface area contributed by atoms with Gasteiger partial charge in [-0.25, -0.2) is 0 Å². The van der Waals surface area contributed by atoms with Gasteiger partial charge < -0.3 is 10.1 Å². The van der Waals surface area contributed by atoms with Crippen LogP contribution in [0.4, 0.5) is 0 Å². The number of rotatable bonds is 9. The van der Waals surface area contributed by atoms with E-state index in [1.54, 1.807) is 7.11 Å². The molecule has 1 rings (SSSR count). The Hall–Kier alpha value is -0.0800. The minimum Gasteiger partial charge on any atom is -0.385 e. The molecule has 0 atom stereocenters. The Kier molecular flexibility index (Phi) is 5.49. The molecule has 0 bridgehead atoms. The Morgan fingerprint density at radius 1 is 1.29 bits per heavy atom. The Morgan fingerprint density at radius 2 is 2.07 bits per heavy atom. The van der Waals surface area contributed by atoms with Crippen molar-refractivity contribution in [2.75, 3.05) is 26.8 Å². The highest BCUT2D eigenvalue weighted by molar-refractivity contribution is 4.94. The van der Waals surface area contributed by atoms with E-state index in [2.05, 4.69) is 12.2 Å². The molecule has 1 N–H and O–H groups in total. The summed E-state index contributed by atoms with van der Waals surface area (Å²) in [6, 6.07) is 0. The summed E-state index contributed by atoms with van der Waals surface area (Å²) in [5.41, 5.74) is 0.704. The van der Waals surface area contributed by atoms with Crippen molar-refractivity contribution in [3.8, 4) is 0 Å². The predicted molar refractivity (Wildman–Crippen MR) is 60.6 cm³/mol. The zero-order chi connectivity index (χ0) is 10.3. The van der Waals surface area contributed by atoms with Crippen LogP contribution in [0.1, 0.15) is 45.4 Å². The van der Waals surface area contributed by atoms with Crippen LogP contribution in [0.25, 0.3) is 0 Å². The van der Waals surface area contributed by atoms with Crippen LogP contribution >= 0.6 is 0 Å². The largest absolute Gasteiger partial charge is 0.385 e. The maximum absolute atomic E-state index is 5.01. The zero-order valence-electron chi connectivity index (χ0n) is 9.77. The van der Waals surface area contributed by atoms with Crippen LogP contribution < -0.4 is 5.32 Å². The van der Waals surface area contributed by atoms with Crippen molar-refractivity contribution in [2.24, 2.45) is 5.41 Å². The van der Waals surface area contributed by atoms with Gasteiger partial charge in [-0.1, -0.05) is 13.3 Å². The standard InChI is InChI=1S/C12H25NO/c1-3-6-12(7-8-12)11-13-9-4-5-10-14-2/h13H,3-11H2,1-2H3. The van der Waals surface area contributed by atoms with E-state index in [1.165, 1.54) is 45.1 Å². The van der Waals surface area contributed by atoms with E-state index in [1.807, 2.05) is 0 Å². The van der Waals surface area contributed by atoms with Gasteiger partial charge in [-0.15, -0.1) is 0 Å². The maximum atomic E-state index is 5.01. The quantitative estimate of drug-likeness (QED) is 0.576. The average Bonchev–Trinajstić information content (AvgIpc) is 2.93. The second-order valence-electron chi connectivity index (χ2n) is 4.63. The van der Waals surface area contributed by atoms with Gasteiger partial charge in [-0.2, -0.15) is 0 Å². The lowest BCUT2D eigenvalue weighted by Gasteiger charge is -2.14. The normalized spacial score (nSPS) is 18.4. The summed E-state index contributed by atoms with van der Waals surface area (Å²) in [5.74, 6) is 0. The fraction of sp³-hybridized carbons (Fsp3) is 1.00. The number of ether oxygens (including phenoxy) is 1. The van der Waals surface area contributed by atoms with E-state index >= 15 is 0 Å². The van der Waals surface area contributed by atoms with Crippen LogP contribution in [0.3, 0.4) is 0 Å². The molecule has 1 fully saturated rings. The molecule has 0 aromatic carbocycles. The molecule has 1 aliphatic carbocycles. The van der Waals surface area contributed by atoms with Gasteiger partial charge >= 0.3 is 0 Å². The maximum Gasteiger partial charge on any atom is 0.0462 e. The third-order valence-electron chi connectivity index (χ3n) is 3.19. The van der Waals surface area contributed by atoms with Crippen molar-refractivity contribution in [1.82, 2.24) is 5.32 Å². The molecule has 0 radical (unpaired) electrons. The molecule has 2 nitrogen and oxygen atoms in total. The van der Waals surface area contributed by atoms with E-state index in [-0.39, 0.29) is 0 Å². The fourth-order valence-electron chi connectivity index (χ4n) is 2.07. The van der Waals surface area contributed by atoms with Gasteiger partial charge in [0, 0.05) is 20.3 Å². The van der Waals surface area contributed by atoms with Gasteiger partial charge in [0.05, 0.1) is 0 Å². The molecule has 0 unspecified atom stereocenters. The van der Waals surface area contributed by atoms with E-state index in [0.717, 1.165) is 13.2 Å². The Morgan fingerprint density at radius 3 is 2.64 bits per heavy atom. The highest BCUT2D eigenvalue weighted by Gasteiger charge is 2.40. The molecule has 0 saturated heterocycles.